The molecule has 2 nitrogen and oxygen atoms in total. The number of rotatable bonds is 3. The van der Waals surface area contributed by atoms with Crippen LogP contribution >= 0.6 is 11.8 Å². The smallest absolute Gasteiger partial charge is 0.128 e. The first-order valence-corrected chi connectivity index (χ1v) is 10.2. The van der Waals surface area contributed by atoms with Gasteiger partial charge >= 0.3 is 0 Å². The first-order valence-electron chi connectivity index (χ1n) is 9.35. The third-order valence-electron chi connectivity index (χ3n) is 5.51. The van der Waals surface area contributed by atoms with Gasteiger partial charge in [0, 0.05) is 5.56 Å². The van der Waals surface area contributed by atoms with Crippen molar-refractivity contribution in [2.24, 2.45) is 5.10 Å². The number of hydrogen-bond donors (Lipinski definition) is 1. The highest BCUT2D eigenvalue weighted by molar-refractivity contribution is 8.15. The Labute approximate surface area is 155 Å². The molecule has 0 spiro atoms. The van der Waals surface area contributed by atoms with Gasteiger partial charge in [-0.25, -0.2) is 0 Å². The second-order valence-corrected chi connectivity index (χ2v) is 8.89. The minimum absolute atomic E-state index is 0.189. The molecule has 4 rings (SSSR count). The van der Waals surface area contributed by atoms with Crippen LogP contribution in [0.1, 0.15) is 67.2 Å². The van der Waals surface area contributed by atoms with Crippen LogP contribution in [0.25, 0.3) is 0 Å². The molecule has 1 aliphatic heterocycles. The zero-order valence-corrected chi connectivity index (χ0v) is 15.9. The van der Waals surface area contributed by atoms with Gasteiger partial charge in [0.05, 0.1) is 0 Å². The Morgan fingerprint density at radius 3 is 2.32 bits per heavy atom. The highest BCUT2D eigenvalue weighted by Gasteiger charge is 2.34. The maximum atomic E-state index is 4.61. The molecular weight excluding hydrogens is 324 g/mol. The summed E-state index contributed by atoms with van der Waals surface area (Å²) in [5.41, 5.74) is 8.63. The Bertz CT molecular complexity index is 758. The molecule has 1 aliphatic carbocycles. The number of thioether (sulfide) groups is 1. The largest absolute Gasteiger partial charge is 0.288 e. The van der Waals surface area contributed by atoms with Crippen molar-refractivity contribution in [1.29, 1.82) is 0 Å². The molecule has 1 saturated carbocycles. The normalized spacial score (nSPS) is 24.0. The number of nitrogens with zero attached hydrogens (tertiary/aromatic N) is 1. The Hall–Kier alpha value is -1.74. The van der Waals surface area contributed by atoms with Crippen LogP contribution in [0.5, 0.6) is 0 Å². The minimum atomic E-state index is -0.189. The van der Waals surface area contributed by atoms with Crippen LogP contribution in [0.4, 0.5) is 0 Å². The van der Waals surface area contributed by atoms with Crippen molar-refractivity contribution in [2.75, 3.05) is 0 Å². The van der Waals surface area contributed by atoms with E-state index in [-0.39, 0.29) is 4.87 Å². The number of nitrogens with one attached hydrogen (secondary N) is 1. The molecule has 3 heteroatoms. The lowest BCUT2D eigenvalue weighted by Gasteiger charge is -2.25. The van der Waals surface area contributed by atoms with Crippen LogP contribution in [0, 0.1) is 6.92 Å². The Balaban J connectivity index is 1.49. The van der Waals surface area contributed by atoms with Crippen LogP contribution in [0.15, 0.2) is 53.6 Å². The van der Waals surface area contributed by atoms with E-state index in [0.717, 1.165) is 11.0 Å². The zero-order chi connectivity index (χ0) is 17.3. The molecule has 2 aromatic rings. The molecule has 1 heterocycles. The van der Waals surface area contributed by atoms with Gasteiger partial charge in [0.1, 0.15) is 9.91 Å². The van der Waals surface area contributed by atoms with Gasteiger partial charge in [0.2, 0.25) is 0 Å². The Morgan fingerprint density at radius 2 is 1.64 bits per heavy atom. The first kappa shape index (κ1) is 16.7. The van der Waals surface area contributed by atoms with E-state index in [9.17, 15) is 0 Å². The predicted octanol–water partition coefficient (Wildman–Crippen LogP) is 5.91. The second-order valence-electron chi connectivity index (χ2n) is 7.49. The summed E-state index contributed by atoms with van der Waals surface area (Å²) in [6.45, 7) is 4.33. The number of benzene rings is 2. The van der Waals surface area contributed by atoms with Gasteiger partial charge in [0.15, 0.2) is 0 Å². The predicted molar refractivity (Wildman–Crippen MR) is 108 cm³/mol. The fourth-order valence-corrected chi connectivity index (χ4v) is 4.93. The molecule has 0 amide bonds. The SMILES string of the molecule is Cc1ccc(C2=NN[C@@](C)(c3ccc(C4CCCCC4)cc3)S2)cc1. The van der Waals surface area contributed by atoms with Gasteiger partial charge in [-0.15, -0.1) is 0 Å². The molecule has 0 bridgehead atoms. The standard InChI is InChI=1S/C22H26N2S/c1-16-8-10-19(11-9-16)21-23-24-22(2,25-21)20-14-12-18(13-15-20)17-6-4-3-5-7-17/h8-15,17,24H,3-7H2,1-2H3/t22-/m1/s1. The lowest BCUT2D eigenvalue weighted by atomic mass is 9.84. The van der Waals surface area contributed by atoms with E-state index in [1.807, 2.05) is 0 Å². The number of aryl methyl sites for hydroxylation is 1. The van der Waals surface area contributed by atoms with Gasteiger partial charge in [-0.3, -0.25) is 5.43 Å². The molecule has 0 aromatic heterocycles. The summed E-state index contributed by atoms with van der Waals surface area (Å²) in [6, 6.07) is 17.8. The van der Waals surface area contributed by atoms with E-state index >= 15 is 0 Å². The average molecular weight is 351 g/mol. The fourth-order valence-electron chi connectivity index (χ4n) is 3.85. The van der Waals surface area contributed by atoms with E-state index in [0.29, 0.717) is 0 Å². The molecule has 1 N–H and O–H groups in total. The van der Waals surface area contributed by atoms with Gasteiger partial charge < -0.3 is 0 Å². The summed E-state index contributed by atoms with van der Waals surface area (Å²) >= 11 is 1.81. The topological polar surface area (TPSA) is 24.4 Å². The van der Waals surface area contributed by atoms with Crippen molar-refractivity contribution in [3.63, 3.8) is 0 Å². The summed E-state index contributed by atoms with van der Waals surface area (Å²) in [4.78, 5) is -0.189. The van der Waals surface area contributed by atoms with Crippen LogP contribution < -0.4 is 5.43 Å². The fraction of sp³-hybridized carbons (Fsp3) is 0.409. The van der Waals surface area contributed by atoms with E-state index in [1.165, 1.54) is 54.4 Å². The van der Waals surface area contributed by atoms with Crippen molar-refractivity contribution in [3.05, 3.63) is 70.8 Å². The van der Waals surface area contributed by atoms with Gasteiger partial charge in [0.25, 0.3) is 0 Å². The summed E-state index contributed by atoms with van der Waals surface area (Å²) in [6.07, 6.45) is 6.88. The van der Waals surface area contributed by atoms with E-state index in [4.69, 9.17) is 0 Å². The van der Waals surface area contributed by atoms with E-state index in [2.05, 4.69) is 72.9 Å². The Kier molecular flexibility index (Phi) is 4.60. The van der Waals surface area contributed by atoms with Crippen molar-refractivity contribution < 1.29 is 0 Å². The molecule has 130 valence electrons. The molecular formula is C22H26N2S. The second kappa shape index (κ2) is 6.87. The van der Waals surface area contributed by atoms with Crippen LogP contribution in [0.2, 0.25) is 0 Å². The lowest BCUT2D eigenvalue weighted by Crippen LogP contribution is -2.28. The highest BCUT2D eigenvalue weighted by Crippen LogP contribution is 2.41. The number of hydrazone groups is 1. The molecule has 0 unspecified atom stereocenters. The lowest BCUT2D eigenvalue weighted by molar-refractivity contribution is 0.443. The minimum Gasteiger partial charge on any atom is -0.288 e. The summed E-state index contributed by atoms with van der Waals surface area (Å²) in [7, 11) is 0. The monoisotopic (exact) mass is 350 g/mol. The maximum Gasteiger partial charge on any atom is 0.128 e. The van der Waals surface area contributed by atoms with Gasteiger partial charge in [-0.1, -0.05) is 85.1 Å². The number of hydrogen-bond acceptors (Lipinski definition) is 3. The van der Waals surface area contributed by atoms with Gasteiger partial charge in [-0.2, -0.15) is 5.10 Å². The van der Waals surface area contributed by atoms with E-state index in [1.54, 1.807) is 11.8 Å². The third kappa shape index (κ3) is 3.48. The molecule has 0 radical (unpaired) electrons. The molecule has 2 aliphatic rings. The third-order valence-corrected chi connectivity index (χ3v) is 6.76. The molecule has 1 atom stereocenters. The van der Waals surface area contributed by atoms with Crippen molar-refractivity contribution in [2.45, 2.75) is 56.7 Å². The zero-order valence-electron chi connectivity index (χ0n) is 15.1. The average Bonchev–Trinajstić information content (AvgIpc) is 3.07. The van der Waals surface area contributed by atoms with Crippen LogP contribution in [-0.2, 0) is 4.87 Å². The van der Waals surface area contributed by atoms with E-state index < -0.39 is 0 Å². The van der Waals surface area contributed by atoms with Crippen molar-refractivity contribution in [1.82, 2.24) is 5.43 Å². The van der Waals surface area contributed by atoms with Gasteiger partial charge in [-0.05, 0) is 43.7 Å². The molecule has 25 heavy (non-hydrogen) atoms. The van der Waals surface area contributed by atoms with Crippen LogP contribution in [-0.4, -0.2) is 5.04 Å². The van der Waals surface area contributed by atoms with Crippen LogP contribution in [0.3, 0.4) is 0 Å². The van der Waals surface area contributed by atoms with Crippen molar-refractivity contribution in [3.8, 4) is 0 Å². The summed E-state index contributed by atoms with van der Waals surface area (Å²) in [5, 5.41) is 5.68. The Morgan fingerprint density at radius 1 is 0.960 bits per heavy atom. The summed E-state index contributed by atoms with van der Waals surface area (Å²) in [5.74, 6) is 0.763. The van der Waals surface area contributed by atoms with Crippen molar-refractivity contribution >= 4 is 16.8 Å². The quantitative estimate of drug-likeness (QED) is 0.744. The summed E-state index contributed by atoms with van der Waals surface area (Å²) < 4.78 is 0. The molecule has 2 aromatic carbocycles. The first-order chi connectivity index (χ1) is 12.1. The molecule has 1 fully saturated rings. The maximum absolute atomic E-state index is 4.61. The molecule has 0 saturated heterocycles. The highest BCUT2D eigenvalue weighted by atomic mass is 32.2.